The van der Waals surface area contributed by atoms with Gasteiger partial charge in [0.2, 0.25) is 0 Å². The van der Waals surface area contributed by atoms with E-state index >= 15 is 0 Å². The van der Waals surface area contributed by atoms with Crippen LogP contribution in [0.5, 0.6) is 0 Å². The average molecular weight is 190 g/mol. The van der Waals surface area contributed by atoms with Crippen molar-refractivity contribution in [2.24, 2.45) is 0 Å². The molecule has 0 fully saturated rings. The smallest absolute Gasteiger partial charge is 0.0923 e. The number of rotatable bonds is 1. The molecule has 0 spiro atoms. The van der Waals surface area contributed by atoms with Crippen LogP contribution in [-0.4, -0.2) is 9.78 Å². The lowest BCUT2D eigenvalue weighted by Gasteiger charge is -2.02. The lowest BCUT2D eigenvalue weighted by Crippen LogP contribution is -1.99. The second-order valence-corrected chi connectivity index (χ2v) is 3.26. The van der Waals surface area contributed by atoms with Gasteiger partial charge in [-0.05, 0) is 19.9 Å². The van der Waals surface area contributed by atoms with E-state index in [0.717, 1.165) is 5.52 Å². The van der Waals surface area contributed by atoms with Gasteiger partial charge in [0, 0.05) is 17.6 Å². The maximum absolute atomic E-state index is 4.43. The molecule has 0 aliphatic carbocycles. The summed E-state index contributed by atoms with van der Waals surface area (Å²) in [5.41, 5.74) is 1.08. The first-order valence-electron chi connectivity index (χ1n) is 5.21. The molecule has 0 saturated carbocycles. The van der Waals surface area contributed by atoms with Crippen LogP contribution in [-0.2, 0) is 0 Å². The fraction of sp³-hybridized carbons (Fsp3) is 0.417. The summed E-state index contributed by atoms with van der Waals surface area (Å²) in [6, 6.07) is 8.61. The lowest BCUT2D eigenvalue weighted by atomic mass is 10.3. The van der Waals surface area contributed by atoms with Crippen LogP contribution in [0, 0.1) is 0 Å². The zero-order chi connectivity index (χ0) is 10.6. The van der Waals surface area contributed by atoms with Gasteiger partial charge in [-0.15, -0.1) is 0 Å². The van der Waals surface area contributed by atoms with Gasteiger partial charge < -0.3 is 0 Å². The van der Waals surface area contributed by atoms with Gasteiger partial charge in [-0.25, -0.2) is 0 Å². The van der Waals surface area contributed by atoms with Crippen LogP contribution in [0.15, 0.2) is 30.5 Å². The van der Waals surface area contributed by atoms with Crippen LogP contribution in [0.4, 0.5) is 0 Å². The van der Waals surface area contributed by atoms with Crippen molar-refractivity contribution in [3.8, 4) is 0 Å². The van der Waals surface area contributed by atoms with Gasteiger partial charge in [0.25, 0.3) is 0 Å². The van der Waals surface area contributed by atoms with Crippen LogP contribution < -0.4 is 0 Å². The molecule has 14 heavy (non-hydrogen) atoms. The molecule has 0 aliphatic heterocycles. The minimum absolute atomic E-state index is 0.442. The predicted octanol–water partition coefficient (Wildman–Crippen LogP) is 3.64. The molecule has 0 aliphatic rings. The Balaban J connectivity index is 0.000000461. The van der Waals surface area contributed by atoms with Gasteiger partial charge in [0.15, 0.2) is 0 Å². The van der Waals surface area contributed by atoms with E-state index in [0.29, 0.717) is 6.04 Å². The van der Waals surface area contributed by atoms with Crippen molar-refractivity contribution < 1.29 is 0 Å². The van der Waals surface area contributed by atoms with Gasteiger partial charge in [-0.1, -0.05) is 32.0 Å². The van der Waals surface area contributed by atoms with Gasteiger partial charge in [0.05, 0.1) is 5.52 Å². The summed E-state index contributed by atoms with van der Waals surface area (Å²) in [6.45, 7) is 8.26. The first kappa shape index (κ1) is 10.8. The van der Waals surface area contributed by atoms with Crippen molar-refractivity contribution in [1.82, 2.24) is 9.78 Å². The van der Waals surface area contributed by atoms with Crippen molar-refractivity contribution in [3.63, 3.8) is 0 Å². The summed E-state index contributed by atoms with van der Waals surface area (Å²) in [5, 5.41) is 5.64. The Kier molecular flexibility index (Phi) is 3.69. The van der Waals surface area contributed by atoms with E-state index in [1.54, 1.807) is 0 Å². The molecular formula is C12H18N2. The van der Waals surface area contributed by atoms with E-state index in [1.165, 1.54) is 5.39 Å². The SMILES string of the molecule is CC.CC(C)n1cc2ccccc2n1. The highest BCUT2D eigenvalue weighted by atomic mass is 15.3. The highest BCUT2D eigenvalue weighted by Gasteiger charge is 2.00. The van der Waals surface area contributed by atoms with E-state index < -0.39 is 0 Å². The molecule has 2 nitrogen and oxygen atoms in total. The van der Waals surface area contributed by atoms with E-state index in [2.05, 4.69) is 31.2 Å². The van der Waals surface area contributed by atoms with Crippen LogP contribution in [0.1, 0.15) is 33.7 Å². The monoisotopic (exact) mass is 190 g/mol. The topological polar surface area (TPSA) is 17.8 Å². The molecule has 1 aromatic carbocycles. The number of aromatic nitrogens is 2. The second-order valence-electron chi connectivity index (χ2n) is 3.26. The number of fused-ring (bicyclic) bond motifs is 1. The molecule has 1 heterocycles. The lowest BCUT2D eigenvalue weighted by molar-refractivity contribution is 0.537. The number of benzene rings is 1. The van der Waals surface area contributed by atoms with Crippen LogP contribution in [0.2, 0.25) is 0 Å². The molecule has 0 bridgehead atoms. The molecule has 1 aromatic heterocycles. The Morgan fingerprint density at radius 2 is 1.79 bits per heavy atom. The zero-order valence-corrected chi connectivity index (χ0v) is 9.36. The van der Waals surface area contributed by atoms with Crippen LogP contribution in [0.3, 0.4) is 0 Å². The quantitative estimate of drug-likeness (QED) is 0.671. The van der Waals surface area contributed by atoms with Crippen molar-refractivity contribution in [2.45, 2.75) is 33.7 Å². The minimum atomic E-state index is 0.442. The molecule has 2 rings (SSSR count). The largest absolute Gasteiger partial charge is 0.269 e. The third-order valence-corrected chi connectivity index (χ3v) is 1.96. The molecule has 0 saturated heterocycles. The van der Waals surface area contributed by atoms with Crippen LogP contribution >= 0.6 is 0 Å². The van der Waals surface area contributed by atoms with Gasteiger partial charge in [-0.3, -0.25) is 4.68 Å². The van der Waals surface area contributed by atoms with Crippen molar-refractivity contribution in [1.29, 1.82) is 0 Å². The number of nitrogens with zero attached hydrogens (tertiary/aromatic N) is 2. The summed E-state index contributed by atoms with van der Waals surface area (Å²) in [4.78, 5) is 0. The molecule has 0 N–H and O–H groups in total. The maximum atomic E-state index is 4.43. The first-order valence-corrected chi connectivity index (χ1v) is 5.21. The van der Waals surface area contributed by atoms with Crippen molar-refractivity contribution >= 4 is 10.9 Å². The summed E-state index contributed by atoms with van der Waals surface area (Å²) >= 11 is 0. The molecule has 76 valence electrons. The normalized spacial score (nSPS) is 10.1. The number of hydrogen-bond acceptors (Lipinski definition) is 1. The van der Waals surface area contributed by atoms with Crippen LogP contribution in [0.25, 0.3) is 10.9 Å². The van der Waals surface area contributed by atoms with E-state index in [4.69, 9.17) is 0 Å². The maximum Gasteiger partial charge on any atom is 0.0923 e. The third kappa shape index (κ3) is 2.13. The molecule has 2 aromatic rings. The molecular weight excluding hydrogens is 172 g/mol. The molecule has 0 amide bonds. The van der Waals surface area contributed by atoms with E-state index in [9.17, 15) is 0 Å². The van der Waals surface area contributed by atoms with E-state index in [1.807, 2.05) is 36.7 Å². The summed E-state index contributed by atoms with van der Waals surface area (Å²) in [6.07, 6.45) is 2.08. The first-order chi connectivity index (χ1) is 6.77. The van der Waals surface area contributed by atoms with E-state index in [-0.39, 0.29) is 0 Å². The third-order valence-electron chi connectivity index (χ3n) is 1.96. The van der Waals surface area contributed by atoms with Gasteiger partial charge >= 0.3 is 0 Å². The second kappa shape index (κ2) is 4.80. The highest BCUT2D eigenvalue weighted by Crippen LogP contribution is 2.13. The fourth-order valence-electron chi connectivity index (χ4n) is 1.25. The molecule has 0 unspecified atom stereocenters. The summed E-state index contributed by atoms with van der Waals surface area (Å²) in [5.74, 6) is 0. The summed E-state index contributed by atoms with van der Waals surface area (Å²) < 4.78 is 1.99. The highest BCUT2D eigenvalue weighted by molar-refractivity contribution is 5.77. The molecule has 0 radical (unpaired) electrons. The Bertz CT molecular complexity index is 355. The predicted molar refractivity (Wildman–Crippen MR) is 61.5 cm³/mol. The minimum Gasteiger partial charge on any atom is -0.269 e. The van der Waals surface area contributed by atoms with Crippen molar-refractivity contribution in [3.05, 3.63) is 30.5 Å². The number of hydrogen-bond donors (Lipinski definition) is 0. The fourth-order valence-corrected chi connectivity index (χ4v) is 1.25. The van der Waals surface area contributed by atoms with Crippen molar-refractivity contribution in [2.75, 3.05) is 0 Å². The Morgan fingerprint density at radius 1 is 1.14 bits per heavy atom. The Labute approximate surface area is 85.6 Å². The average Bonchev–Trinajstić information content (AvgIpc) is 2.64. The summed E-state index contributed by atoms with van der Waals surface area (Å²) in [7, 11) is 0. The Hall–Kier alpha value is -1.31. The molecule has 0 atom stereocenters. The van der Waals surface area contributed by atoms with Gasteiger partial charge in [0.1, 0.15) is 0 Å². The Morgan fingerprint density at radius 3 is 2.36 bits per heavy atom. The zero-order valence-electron chi connectivity index (χ0n) is 9.36. The van der Waals surface area contributed by atoms with Gasteiger partial charge in [-0.2, -0.15) is 5.10 Å². The standard InChI is InChI=1S/C10H12N2.C2H6/c1-8(2)12-7-9-5-3-4-6-10(9)11-12;1-2/h3-8H,1-2H3;1-2H3. The molecule has 2 heteroatoms.